The van der Waals surface area contributed by atoms with Gasteiger partial charge in [-0.15, -0.1) is 11.3 Å². The molecule has 1 atom stereocenters. The first-order valence-corrected chi connectivity index (χ1v) is 7.13. The van der Waals surface area contributed by atoms with Crippen molar-refractivity contribution >= 4 is 17.2 Å². The van der Waals surface area contributed by atoms with Gasteiger partial charge >= 0.3 is 0 Å². The molecule has 0 spiro atoms. The summed E-state index contributed by atoms with van der Waals surface area (Å²) in [6.45, 7) is 1.61. The van der Waals surface area contributed by atoms with Crippen molar-refractivity contribution < 1.29 is 9.53 Å². The minimum absolute atomic E-state index is 0.150. The minimum atomic E-state index is 0.150. The van der Waals surface area contributed by atoms with Gasteiger partial charge in [-0.05, 0) is 37.1 Å². The van der Waals surface area contributed by atoms with Gasteiger partial charge in [-0.3, -0.25) is 4.79 Å². The lowest BCUT2D eigenvalue weighted by molar-refractivity contribution is -0.121. The van der Waals surface area contributed by atoms with Crippen LogP contribution >= 0.6 is 11.3 Å². The lowest BCUT2D eigenvalue weighted by atomic mass is 10.1. The summed E-state index contributed by atoms with van der Waals surface area (Å²) in [6.07, 6.45) is 4.97. The molecule has 0 radical (unpaired) electrons. The van der Waals surface area contributed by atoms with Gasteiger partial charge in [0.1, 0.15) is 0 Å². The highest BCUT2D eigenvalue weighted by Crippen LogP contribution is 2.16. The third kappa shape index (κ3) is 4.48. The molecule has 1 unspecified atom stereocenters. The Kier molecular flexibility index (Phi) is 5.01. The normalized spacial score (nSPS) is 19.4. The number of thiophene rings is 1. The van der Waals surface area contributed by atoms with Gasteiger partial charge in [0.2, 0.25) is 5.91 Å². The lowest BCUT2D eigenvalue weighted by Crippen LogP contribution is -2.26. The minimum Gasteiger partial charge on any atom is -0.378 e. The van der Waals surface area contributed by atoms with Crippen LogP contribution in [0.1, 0.15) is 30.6 Å². The maximum Gasteiger partial charge on any atom is 0.220 e. The molecule has 1 aliphatic rings. The highest BCUT2D eigenvalue weighted by atomic mass is 32.1. The summed E-state index contributed by atoms with van der Waals surface area (Å²) in [5, 5.41) is 5.02. The van der Waals surface area contributed by atoms with Crippen molar-refractivity contribution in [2.75, 3.05) is 13.2 Å². The highest BCUT2D eigenvalue weighted by molar-refractivity contribution is 7.09. The van der Waals surface area contributed by atoms with E-state index in [9.17, 15) is 4.79 Å². The zero-order valence-electron chi connectivity index (χ0n) is 9.98. The molecule has 0 aliphatic carbocycles. The van der Waals surface area contributed by atoms with Crippen LogP contribution in [0.15, 0.2) is 17.5 Å². The monoisotopic (exact) mass is 253 g/mol. The van der Waals surface area contributed by atoms with E-state index in [1.165, 1.54) is 4.88 Å². The molecule has 3 nitrogen and oxygen atoms in total. The standard InChI is InChI=1S/C13H19NO2S/c15-13(6-5-11-3-1-9-16-11)14-8-7-12-4-2-10-17-12/h2,4,10-11H,1,3,5-9H2,(H,14,15). The molecule has 1 fully saturated rings. The van der Waals surface area contributed by atoms with Crippen LogP contribution in [0, 0.1) is 0 Å². The van der Waals surface area contributed by atoms with E-state index in [-0.39, 0.29) is 5.91 Å². The summed E-state index contributed by atoms with van der Waals surface area (Å²) in [5.74, 6) is 0.150. The fourth-order valence-corrected chi connectivity index (χ4v) is 2.74. The van der Waals surface area contributed by atoms with Crippen molar-refractivity contribution in [3.8, 4) is 0 Å². The van der Waals surface area contributed by atoms with Crippen LogP contribution < -0.4 is 5.32 Å². The van der Waals surface area contributed by atoms with E-state index in [0.717, 1.165) is 38.8 Å². The van der Waals surface area contributed by atoms with Gasteiger partial charge in [0, 0.05) is 24.4 Å². The topological polar surface area (TPSA) is 38.3 Å². The van der Waals surface area contributed by atoms with Crippen molar-refractivity contribution in [1.29, 1.82) is 0 Å². The molecule has 2 heterocycles. The molecule has 94 valence electrons. The molecule has 1 saturated heterocycles. The highest BCUT2D eigenvalue weighted by Gasteiger charge is 2.16. The van der Waals surface area contributed by atoms with E-state index < -0.39 is 0 Å². The van der Waals surface area contributed by atoms with Crippen LogP contribution in [0.25, 0.3) is 0 Å². The molecule has 1 aromatic rings. The second kappa shape index (κ2) is 6.77. The third-order valence-electron chi connectivity index (χ3n) is 2.99. The number of carbonyl (C=O) groups is 1. The third-order valence-corrected chi connectivity index (χ3v) is 3.93. The van der Waals surface area contributed by atoms with Crippen molar-refractivity contribution in [2.45, 2.75) is 38.2 Å². The Labute approximate surface area is 106 Å². The van der Waals surface area contributed by atoms with Gasteiger partial charge in [0.15, 0.2) is 0 Å². The van der Waals surface area contributed by atoms with Gasteiger partial charge < -0.3 is 10.1 Å². The van der Waals surface area contributed by atoms with Crippen LogP contribution in [0.4, 0.5) is 0 Å². The van der Waals surface area contributed by atoms with Crippen LogP contribution in [0.5, 0.6) is 0 Å². The molecule has 1 aromatic heterocycles. The Morgan fingerprint density at radius 2 is 2.53 bits per heavy atom. The SMILES string of the molecule is O=C(CCC1CCCO1)NCCc1cccs1. The number of amides is 1. The van der Waals surface area contributed by atoms with Crippen molar-refractivity contribution in [3.63, 3.8) is 0 Å². The van der Waals surface area contributed by atoms with Crippen molar-refractivity contribution in [3.05, 3.63) is 22.4 Å². The zero-order chi connectivity index (χ0) is 11.9. The smallest absolute Gasteiger partial charge is 0.220 e. The number of rotatable bonds is 6. The Morgan fingerprint density at radius 3 is 3.24 bits per heavy atom. The Balaban J connectivity index is 1.54. The first kappa shape index (κ1) is 12.6. The summed E-state index contributed by atoms with van der Waals surface area (Å²) < 4.78 is 5.49. The molecular weight excluding hydrogens is 234 g/mol. The molecule has 4 heteroatoms. The summed E-state index contributed by atoms with van der Waals surface area (Å²) in [6, 6.07) is 4.14. The largest absolute Gasteiger partial charge is 0.378 e. The number of carbonyl (C=O) groups excluding carboxylic acids is 1. The molecule has 1 N–H and O–H groups in total. The fraction of sp³-hybridized carbons (Fsp3) is 0.615. The van der Waals surface area contributed by atoms with Crippen molar-refractivity contribution in [2.24, 2.45) is 0 Å². The Bertz CT molecular complexity index is 331. The number of nitrogens with one attached hydrogen (secondary N) is 1. The van der Waals surface area contributed by atoms with E-state index in [0.29, 0.717) is 12.5 Å². The van der Waals surface area contributed by atoms with Crippen molar-refractivity contribution in [1.82, 2.24) is 5.32 Å². The van der Waals surface area contributed by atoms with E-state index in [1.807, 2.05) is 6.07 Å². The summed E-state index contributed by atoms with van der Waals surface area (Å²) >= 11 is 1.74. The first-order valence-electron chi connectivity index (χ1n) is 6.25. The zero-order valence-corrected chi connectivity index (χ0v) is 10.8. The maximum absolute atomic E-state index is 11.6. The molecule has 0 saturated carbocycles. The average Bonchev–Trinajstić information content (AvgIpc) is 2.99. The van der Waals surface area contributed by atoms with Crippen LogP contribution in [-0.4, -0.2) is 25.2 Å². The number of hydrogen-bond donors (Lipinski definition) is 1. The second-order valence-electron chi connectivity index (χ2n) is 4.35. The van der Waals surface area contributed by atoms with Crippen LogP contribution in [0.3, 0.4) is 0 Å². The molecule has 0 bridgehead atoms. The number of ether oxygens (including phenoxy) is 1. The maximum atomic E-state index is 11.6. The first-order chi connectivity index (χ1) is 8.34. The average molecular weight is 253 g/mol. The molecule has 0 aromatic carbocycles. The molecule has 17 heavy (non-hydrogen) atoms. The quantitative estimate of drug-likeness (QED) is 0.845. The fourth-order valence-electron chi connectivity index (χ4n) is 2.03. The molecule has 1 amide bonds. The van der Waals surface area contributed by atoms with E-state index >= 15 is 0 Å². The van der Waals surface area contributed by atoms with Gasteiger partial charge in [-0.1, -0.05) is 6.07 Å². The predicted octanol–water partition coefficient (Wildman–Crippen LogP) is 2.37. The summed E-state index contributed by atoms with van der Waals surface area (Å²) in [5.41, 5.74) is 0. The van der Waals surface area contributed by atoms with Gasteiger partial charge in [0.05, 0.1) is 6.10 Å². The Hall–Kier alpha value is -0.870. The van der Waals surface area contributed by atoms with Crippen LogP contribution in [0.2, 0.25) is 0 Å². The second-order valence-corrected chi connectivity index (χ2v) is 5.39. The van der Waals surface area contributed by atoms with Crippen LogP contribution in [-0.2, 0) is 16.0 Å². The lowest BCUT2D eigenvalue weighted by Gasteiger charge is -2.09. The van der Waals surface area contributed by atoms with E-state index in [2.05, 4.69) is 16.8 Å². The Morgan fingerprint density at radius 1 is 1.59 bits per heavy atom. The molecule has 2 rings (SSSR count). The summed E-state index contributed by atoms with van der Waals surface area (Å²) in [7, 11) is 0. The van der Waals surface area contributed by atoms with Gasteiger partial charge in [-0.2, -0.15) is 0 Å². The predicted molar refractivity (Wildman–Crippen MR) is 69.2 cm³/mol. The van der Waals surface area contributed by atoms with Gasteiger partial charge in [-0.25, -0.2) is 0 Å². The summed E-state index contributed by atoms with van der Waals surface area (Å²) in [4.78, 5) is 12.9. The van der Waals surface area contributed by atoms with Gasteiger partial charge in [0.25, 0.3) is 0 Å². The van der Waals surface area contributed by atoms with E-state index in [1.54, 1.807) is 11.3 Å². The molecular formula is C13H19NO2S. The number of hydrogen-bond acceptors (Lipinski definition) is 3. The molecule has 1 aliphatic heterocycles. The van der Waals surface area contributed by atoms with E-state index in [4.69, 9.17) is 4.74 Å².